The fourth-order valence-electron chi connectivity index (χ4n) is 3.57. The van der Waals surface area contributed by atoms with E-state index in [1.54, 1.807) is 10.5 Å². The summed E-state index contributed by atoms with van der Waals surface area (Å²) in [7, 11) is -3.52. The largest absolute Gasteiger partial charge is 0.307 e. The van der Waals surface area contributed by atoms with E-state index in [0.717, 1.165) is 18.5 Å². The minimum absolute atomic E-state index is 0.191. The van der Waals surface area contributed by atoms with Crippen LogP contribution in [0.5, 0.6) is 0 Å². The van der Waals surface area contributed by atoms with Crippen LogP contribution in [0.1, 0.15) is 29.9 Å². The Morgan fingerprint density at radius 3 is 2.65 bits per heavy atom. The van der Waals surface area contributed by atoms with E-state index in [1.807, 2.05) is 10.6 Å². The standard InChI is InChI=1S/C18H19ClN4O2S/c1-13-10-18-20-6-9-22(18)12-16(13)14-4-7-23(8-5-14)26(24,25)15-2-3-17(19)21-11-15/h2-3,6,9-12,14H,4-5,7-8H2,1H3. The highest BCUT2D eigenvalue weighted by Crippen LogP contribution is 2.32. The number of nitrogens with zero attached hydrogens (tertiary/aromatic N) is 4. The summed E-state index contributed by atoms with van der Waals surface area (Å²) in [4.78, 5) is 8.39. The number of aromatic nitrogens is 3. The summed E-state index contributed by atoms with van der Waals surface area (Å²) in [6, 6.07) is 5.09. The van der Waals surface area contributed by atoms with Gasteiger partial charge in [-0.15, -0.1) is 0 Å². The van der Waals surface area contributed by atoms with Crippen molar-refractivity contribution in [2.24, 2.45) is 0 Å². The van der Waals surface area contributed by atoms with Gasteiger partial charge in [0.15, 0.2) is 0 Å². The zero-order valence-electron chi connectivity index (χ0n) is 14.3. The van der Waals surface area contributed by atoms with Crippen LogP contribution in [0.25, 0.3) is 5.65 Å². The van der Waals surface area contributed by atoms with E-state index in [0.29, 0.717) is 19.0 Å². The number of hydrogen-bond donors (Lipinski definition) is 0. The number of pyridine rings is 2. The lowest BCUT2D eigenvalue weighted by atomic mass is 9.89. The molecule has 4 rings (SSSR count). The zero-order valence-corrected chi connectivity index (χ0v) is 15.9. The topological polar surface area (TPSA) is 67.6 Å². The molecule has 1 fully saturated rings. The fourth-order valence-corrected chi connectivity index (χ4v) is 5.10. The molecule has 0 aromatic carbocycles. The lowest BCUT2D eigenvalue weighted by Gasteiger charge is -2.32. The maximum Gasteiger partial charge on any atom is 0.244 e. The van der Waals surface area contributed by atoms with Gasteiger partial charge in [-0.3, -0.25) is 0 Å². The van der Waals surface area contributed by atoms with Gasteiger partial charge in [-0.2, -0.15) is 4.31 Å². The van der Waals surface area contributed by atoms with Gasteiger partial charge < -0.3 is 4.40 Å². The molecule has 26 heavy (non-hydrogen) atoms. The maximum atomic E-state index is 12.8. The van der Waals surface area contributed by atoms with Gasteiger partial charge in [0, 0.05) is 37.9 Å². The molecule has 1 aliphatic rings. The fraction of sp³-hybridized carbons (Fsp3) is 0.333. The van der Waals surface area contributed by atoms with E-state index in [9.17, 15) is 8.42 Å². The van der Waals surface area contributed by atoms with E-state index in [2.05, 4.69) is 29.2 Å². The van der Waals surface area contributed by atoms with Crippen LogP contribution in [-0.4, -0.2) is 40.2 Å². The Bertz CT molecular complexity index is 1040. The molecule has 1 aliphatic heterocycles. The SMILES string of the molecule is Cc1cc2nccn2cc1C1CCN(S(=O)(=O)c2ccc(Cl)nc2)CC1. The lowest BCUT2D eigenvalue weighted by molar-refractivity contribution is 0.318. The van der Waals surface area contributed by atoms with Gasteiger partial charge in [-0.25, -0.2) is 18.4 Å². The first-order chi connectivity index (χ1) is 12.4. The van der Waals surface area contributed by atoms with Crippen LogP contribution in [0, 0.1) is 6.92 Å². The number of fused-ring (bicyclic) bond motifs is 1. The Labute approximate surface area is 157 Å². The second-order valence-corrected chi connectivity index (χ2v) is 8.92. The number of sulfonamides is 1. The van der Waals surface area contributed by atoms with Gasteiger partial charge in [0.25, 0.3) is 0 Å². The van der Waals surface area contributed by atoms with E-state index >= 15 is 0 Å². The molecule has 0 spiro atoms. The van der Waals surface area contributed by atoms with Gasteiger partial charge in [0.05, 0.1) is 0 Å². The molecule has 6 nitrogen and oxygen atoms in total. The maximum absolute atomic E-state index is 12.8. The van der Waals surface area contributed by atoms with Crippen molar-refractivity contribution in [3.05, 3.63) is 59.3 Å². The number of piperidine rings is 1. The van der Waals surface area contributed by atoms with Crippen molar-refractivity contribution in [3.8, 4) is 0 Å². The van der Waals surface area contributed by atoms with Crippen molar-refractivity contribution in [2.75, 3.05) is 13.1 Å². The van der Waals surface area contributed by atoms with Gasteiger partial charge in [-0.05, 0) is 55.0 Å². The molecule has 0 bridgehead atoms. The molecule has 3 aromatic rings. The van der Waals surface area contributed by atoms with Crippen molar-refractivity contribution in [3.63, 3.8) is 0 Å². The number of aryl methyl sites for hydroxylation is 1. The van der Waals surface area contributed by atoms with Gasteiger partial charge in [0.2, 0.25) is 10.0 Å². The molecule has 1 saturated heterocycles. The summed E-state index contributed by atoms with van der Waals surface area (Å²) >= 11 is 5.76. The van der Waals surface area contributed by atoms with Crippen LogP contribution in [0.15, 0.2) is 47.9 Å². The highest BCUT2D eigenvalue weighted by atomic mass is 35.5. The van der Waals surface area contributed by atoms with Crippen LogP contribution in [-0.2, 0) is 10.0 Å². The number of imidazole rings is 1. The predicted octanol–water partition coefficient (Wildman–Crippen LogP) is 3.26. The second-order valence-electron chi connectivity index (χ2n) is 6.60. The quantitative estimate of drug-likeness (QED) is 0.644. The van der Waals surface area contributed by atoms with Crippen molar-refractivity contribution in [1.29, 1.82) is 0 Å². The minimum atomic E-state index is -3.52. The monoisotopic (exact) mass is 390 g/mol. The molecule has 4 heterocycles. The molecule has 0 N–H and O–H groups in total. The molecule has 136 valence electrons. The van der Waals surface area contributed by atoms with E-state index < -0.39 is 10.0 Å². The van der Waals surface area contributed by atoms with E-state index in [4.69, 9.17) is 11.6 Å². The number of halogens is 1. The first kappa shape index (κ1) is 17.5. The van der Waals surface area contributed by atoms with Crippen LogP contribution in [0.2, 0.25) is 5.15 Å². The third kappa shape index (κ3) is 3.11. The molecule has 8 heteroatoms. The Morgan fingerprint density at radius 2 is 1.96 bits per heavy atom. The summed E-state index contributed by atoms with van der Waals surface area (Å²) in [6.45, 7) is 3.08. The van der Waals surface area contributed by atoms with Gasteiger partial charge >= 0.3 is 0 Å². The van der Waals surface area contributed by atoms with Crippen LogP contribution in [0.4, 0.5) is 0 Å². The highest BCUT2D eigenvalue weighted by molar-refractivity contribution is 7.89. The molecule has 0 aliphatic carbocycles. The average Bonchev–Trinajstić information content (AvgIpc) is 3.08. The Kier molecular flexibility index (Phi) is 4.46. The van der Waals surface area contributed by atoms with Crippen LogP contribution >= 0.6 is 11.6 Å². The smallest absolute Gasteiger partial charge is 0.244 e. The summed E-state index contributed by atoms with van der Waals surface area (Å²) in [6.07, 6.45) is 8.75. The summed E-state index contributed by atoms with van der Waals surface area (Å²) in [5, 5.41) is 0.285. The molecule has 0 unspecified atom stereocenters. The highest BCUT2D eigenvalue weighted by Gasteiger charge is 2.30. The Balaban J connectivity index is 1.53. The van der Waals surface area contributed by atoms with Gasteiger partial charge in [0.1, 0.15) is 15.7 Å². The van der Waals surface area contributed by atoms with E-state index in [1.165, 1.54) is 29.5 Å². The normalized spacial score (nSPS) is 17.0. The van der Waals surface area contributed by atoms with E-state index in [-0.39, 0.29) is 10.0 Å². The first-order valence-electron chi connectivity index (χ1n) is 8.50. The third-order valence-corrected chi connectivity index (χ3v) is 7.12. The van der Waals surface area contributed by atoms with Crippen molar-refractivity contribution in [2.45, 2.75) is 30.6 Å². The second kappa shape index (κ2) is 6.64. The molecule has 0 radical (unpaired) electrons. The summed E-state index contributed by atoms with van der Waals surface area (Å²) in [5.74, 6) is 0.344. The minimum Gasteiger partial charge on any atom is -0.307 e. The van der Waals surface area contributed by atoms with Gasteiger partial charge in [-0.1, -0.05) is 11.6 Å². The molecular weight excluding hydrogens is 372 g/mol. The van der Waals surface area contributed by atoms with Crippen molar-refractivity contribution < 1.29 is 8.42 Å². The summed E-state index contributed by atoms with van der Waals surface area (Å²) in [5.41, 5.74) is 3.40. The first-order valence-corrected chi connectivity index (χ1v) is 10.3. The van der Waals surface area contributed by atoms with Crippen LogP contribution in [0.3, 0.4) is 0 Å². The van der Waals surface area contributed by atoms with Crippen molar-refractivity contribution >= 4 is 27.3 Å². The Morgan fingerprint density at radius 1 is 1.19 bits per heavy atom. The zero-order chi connectivity index (χ0) is 18.3. The van der Waals surface area contributed by atoms with Crippen LogP contribution < -0.4 is 0 Å². The molecule has 0 saturated carbocycles. The molecule has 0 amide bonds. The molecule has 3 aromatic heterocycles. The van der Waals surface area contributed by atoms with Crippen molar-refractivity contribution in [1.82, 2.24) is 18.7 Å². The number of hydrogen-bond acceptors (Lipinski definition) is 4. The molecular formula is C18H19ClN4O2S. The third-order valence-electron chi connectivity index (χ3n) is 5.01. The number of rotatable bonds is 3. The Hall–Kier alpha value is -1.96. The molecule has 0 atom stereocenters. The average molecular weight is 391 g/mol. The predicted molar refractivity (Wildman–Crippen MR) is 99.9 cm³/mol. The lowest BCUT2D eigenvalue weighted by Crippen LogP contribution is -2.38. The summed E-state index contributed by atoms with van der Waals surface area (Å²) < 4.78 is 29.1.